The molecule has 1 fully saturated rings. The third kappa shape index (κ3) is 3.44. The van der Waals surface area contributed by atoms with Gasteiger partial charge in [-0.3, -0.25) is 14.9 Å². The number of carbonyl (C=O) groups is 1. The Kier molecular flexibility index (Phi) is 4.67. The molecule has 2 rings (SSSR count). The first-order valence-electron chi connectivity index (χ1n) is 6.94. The fourth-order valence-electron chi connectivity index (χ4n) is 2.76. The van der Waals surface area contributed by atoms with E-state index in [1.807, 2.05) is 6.92 Å². The van der Waals surface area contributed by atoms with Crippen molar-refractivity contribution in [3.8, 4) is 0 Å². The molecule has 1 aliphatic rings. The van der Waals surface area contributed by atoms with Gasteiger partial charge >= 0.3 is 0 Å². The fourth-order valence-corrected chi connectivity index (χ4v) is 2.97. The SMILES string of the molecule is CC(NC(=O)c1cc([N+](=O)[O-])cc(Cl)c1N)C1CCCC1. The highest BCUT2D eigenvalue weighted by Crippen LogP contribution is 2.30. The van der Waals surface area contributed by atoms with Crippen molar-refractivity contribution in [3.05, 3.63) is 32.8 Å². The summed E-state index contributed by atoms with van der Waals surface area (Å²) in [5.41, 5.74) is 5.65. The molecular formula is C14H18ClN3O3. The van der Waals surface area contributed by atoms with Crippen LogP contribution in [0.15, 0.2) is 12.1 Å². The van der Waals surface area contributed by atoms with Gasteiger partial charge in [-0.15, -0.1) is 0 Å². The third-order valence-corrected chi connectivity index (χ3v) is 4.35. The largest absolute Gasteiger partial charge is 0.397 e. The number of nitrogens with one attached hydrogen (secondary N) is 1. The number of nitro benzene ring substituents is 1. The molecule has 1 aliphatic carbocycles. The Balaban J connectivity index is 2.19. The van der Waals surface area contributed by atoms with Crippen LogP contribution < -0.4 is 11.1 Å². The highest BCUT2D eigenvalue weighted by molar-refractivity contribution is 6.34. The molecule has 0 radical (unpaired) electrons. The predicted molar refractivity (Wildman–Crippen MR) is 81.4 cm³/mol. The van der Waals surface area contributed by atoms with E-state index in [9.17, 15) is 14.9 Å². The predicted octanol–water partition coefficient (Wildman–Crippen LogP) is 3.14. The van der Waals surface area contributed by atoms with Crippen molar-refractivity contribution >= 4 is 28.9 Å². The molecule has 114 valence electrons. The van der Waals surface area contributed by atoms with Crippen molar-refractivity contribution in [2.75, 3.05) is 5.73 Å². The molecule has 1 atom stereocenters. The van der Waals surface area contributed by atoms with Crippen LogP contribution in [0.2, 0.25) is 5.02 Å². The molecule has 0 saturated heterocycles. The lowest BCUT2D eigenvalue weighted by atomic mass is 9.99. The molecule has 1 amide bonds. The normalized spacial score (nSPS) is 16.7. The summed E-state index contributed by atoms with van der Waals surface area (Å²) in [4.78, 5) is 22.5. The number of hydrogen-bond acceptors (Lipinski definition) is 4. The number of nitrogen functional groups attached to an aromatic ring is 1. The van der Waals surface area contributed by atoms with E-state index < -0.39 is 10.8 Å². The molecule has 0 bridgehead atoms. The van der Waals surface area contributed by atoms with Crippen LogP contribution in [-0.2, 0) is 0 Å². The number of carbonyl (C=O) groups excluding carboxylic acids is 1. The number of benzene rings is 1. The zero-order valence-electron chi connectivity index (χ0n) is 11.8. The van der Waals surface area contributed by atoms with E-state index in [0.717, 1.165) is 25.0 Å². The van der Waals surface area contributed by atoms with Crippen LogP contribution in [0, 0.1) is 16.0 Å². The summed E-state index contributed by atoms with van der Waals surface area (Å²) < 4.78 is 0. The van der Waals surface area contributed by atoms with E-state index in [0.29, 0.717) is 5.92 Å². The summed E-state index contributed by atoms with van der Waals surface area (Å²) in [6, 6.07) is 2.32. The number of amides is 1. The second-order valence-electron chi connectivity index (χ2n) is 5.45. The maximum atomic E-state index is 12.3. The molecule has 1 unspecified atom stereocenters. The number of nitrogens with zero attached hydrogens (tertiary/aromatic N) is 1. The number of anilines is 1. The summed E-state index contributed by atoms with van der Waals surface area (Å²) in [6.07, 6.45) is 4.53. The van der Waals surface area contributed by atoms with Gasteiger partial charge in [-0.25, -0.2) is 0 Å². The Morgan fingerprint density at radius 1 is 1.48 bits per heavy atom. The topological polar surface area (TPSA) is 98.3 Å². The number of nitro groups is 1. The van der Waals surface area contributed by atoms with Crippen LogP contribution in [0.25, 0.3) is 0 Å². The van der Waals surface area contributed by atoms with Gasteiger partial charge in [-0.1, -0.05) is 24.4 Å². The minimum Gasteiger partial charge on any atom is -0.397 e. The van der Waals surface area contributed by atoms with E-state index in [2.05, 4.69) is 5.32 Å². The van der Waals surface area contributed by atoms with E-state index in [1.165, 1.54) is 12.8 Å². The first-order chi connectivity index (χ1) is 9.90. The van der Waals surface area contributed by atoms with Crippen molar-refractivity contribution in [1.82, 2.24) is 5.32 Å². The minimum atomic E-state index is -0.595. The zero-order valence-corrected chi connectivity index (χ0v) is 12.5. The first-order valence-corrected chi connectivity index (χ1v) is 7.32. The van der Waals surface area contributed by atoms with Gasteiger partial charge in [-0.2, -0.15) is 0 Å². The van der Waals surface area contributed by atoms with Crippen LogP contribution in [0.4, 0.5) is 11.4 Å². The van der Waals surface area contributed by atoms with Crippen LogP contribution in [0.1, 0.15) is 43.0 Å². The average Bonchev–Trinajstić information content (AvgIpc) is 2.95. The summed E-state index contributed by atoms with van der Waals surface area (Å²) >= 11 is 5.86. The Morgan fingerprint density at radius 2 is 2.10 bits per heavy atom. The minimum absolute atomic E-state index is 0.0115. The van der Waals surface area contributed by atoms with Gasteiger partial charge in [0.1, 0.15) is 0 Å². The molecule has 21 heavy (non-hydrogen) atoms. The van der Waals surface area contributed by atoms with Gasteiger partial charge in [0.2, 0.25) is 0 Å². The molecular weight excluding hydrogens is 294 g/mol. The van der Waals surface area contributed by atoms with E-state index in [4.69, 9.17) is 17.3 Å². The van der Waals surface area contributed by atoms with Gasteiger partial charge in [0.15, 0.2) is 0 Å². The molecule has 1 saturated carbocycles. The van der Waals surface area contributed by atoms with Crippen LogP contribution in [0.5, 0.6) is 0 Å². The van der Waals surface area contributed by atoms with Gasteiger partial charge in [0, 0.05) is 18.2 Å². The first kappa shape index (κ1) is 15.6. The lowest BCUT2D eigenvalue weighted by molar-refractivity contribution is -0.384. The Labute approximate surface area is 127 Å². The second kappa shape index (κ2) is 6.30. The Hall–Kier alpha value is -1.82. The number of halogens is 1. The maximum absolute atomic E-state index is 12.3. The lowest BCUT2D eigenvalue weighted by Gasteiger charge is -2.20. The van der Waals surface area contributed by atoms with Crippen molar-refractivity contribution in [3.63, 3.8) is 0 Å². The highest BCUT2D eigenvalue weighted by atomic mass is 35.5. The van der Waals surface area contributed by atoms with Crippen LogP contribution in [0.3, 0.4) is 0 Å². The van der Waals surface area contributed by atoms with Crippen LogP contribution >= 0.6 is 11.6 Å². The van der Waals surface area contributed by atoms with Gasteiger partial charge < -0.3 is 11.1 Å². The van der Waals surface area contributed by atoms with E-state index in [1.54, 1.807) is 0 Å². The van der Waals surface area contributed by atoms with E-state index in [-0.39, 0.29) is 28.0 Å². The number of non-ortho nitro benzene ring substituents is 1. The molecule has 0 aromatic heterocycles. The molecule has 6 nitrogen and oxygen atoms in total. The molecule has 0 aliphatic heterocycles. The lowest BCUT2D eigenvalue weighted by Crippen LogP contribution is -2.37. The van der Waals surface area contributed by atoms with Crippen molar-refractivity contribution in [2.45, 2.75) is 38.6 Å². The van der Waals surface area contributed by atoms with Crippen molar-refractivity contribution in [2.24, 2.45) is 5.92 Å². The summed E-state index contributed by atoms with van der Waals surface area (Å²) in [5, 5.41) is 13.7. The Morgan fingerprint density at radius 3 is 2.67 bits per heavy atom. The fraction of sp³-hybridized carbons (Fsp3) is 0.500. The highest BCUT2D eigenvalue weighted by Gasteiger charge is 2.25. The smallest absolute Gasteiger partial charge is 0.271 e. The van der Waals surface area contributed by atoms with Gasteiger partial charge in [0.25, 0.3) is 11.6 Å². The summed E-state index contributed by atoms with van der Waals surface area (Å²) in [7, 11) is 0. The third-order valence-electron chi connectivity index (χ3n) is 4.04. The zero-order chi connectivity index (χ0) is 15.6. The van der Waals surface area contributed by atoms with Crippen molar-refractivity contribution < 1.29 is 9.72 Å². The molecule has 3 N–H and O–H groups in total. The monoisotopic (exact) mass is 311 g/mol. The molecule has 1 aromatic rings. The summed E-state index contributed by atoms with van der Waals surface area (Å²) in [5.74, 6) is 0.0295. The van der Waals surface area contributed by atoms with Crippen LogP contribution in [-0.4, -0.2) is 16.9 Å². The standard InChI is InChI=1S/C14H18ClN3O3/c1-8(9-4-2-3-5-9)17-14(19)11-6-10(18(20)21)7-12(15)13(11)16/h6-9H,2-5,16H2,1H3,(H,17,19). The molecule has 0 spiro atoms. The molecule has 0 heterocycles. The van der Waals surface area contributed by atoms with Crippen molar-refractivity contribution in [1.29, 1.82) is 0 Å². The summed E-state index contributed by atoms with van der Waals surface area (Å²) in [6.45, 7) is 1.95. The number of hydrogen-bond donors (Lipinski definition) is 2. The van der Waals surface area contributed by atoms with Gasteiger partial charge in [-0.05, 0) is 25.7 Å². The Bertz CT molecular complexity index is 571. The maximum Gasteiger partial charge on any atom is 0.271 e. The number of nitrogens with two attached hydrogens (primary N) is 1. The number of rotatable bonds is 4. The molecule has 1 aromatic carbocycles. The second-order valence-corrected chi connectivity index (χ2v) is 5.86. The van der Waals surface area contributed by atoms with E-state index >= 15 is 0 Å². The average molecular weight is 312 g/mol. The quantitative estimate of drug-likeness (QED) is 0.507. The van der Waals surface area contributed by atoms with Gasteiger partial charge in [0.05, 0.1) is 21.2 Å². The molecule has 7 heteroatoms.